The second-order valence-electron chi connectivity index (χ2n) is 5.91. The van der Waals surface area contributed by atoms with Crippen molar-refractivity contribution >= 4 is 17.6 Å². The third kappa shape index (κ3) is 5.50. The Bertz CT molecular complexity index is 849. The summed E-state index contributed by atoms with van der Waals surface area (Å²) in [5.74, 6) is 1.73. The van der Waals surface area contributed by atoms with Crippen molar-refractivity contribution in [1.29, 1.82) is 5.26 Å². The molecule has 0 N–H and O–H groups in total. The van der Waals surface area contributed by atoms with Crippen LogP contribution in [0.3, 0.4) is 0 Å². The molecule has 1 heterocycles. The van der Waals surface area contributed by atoms with Gasteiger partial charge in [0.25, 0.3) is 0 Å². The first-order valence-corrected chi connectivity index (χ1v) is 10.2. The second kappa shape index (κ2) is 11.5. The number of aromatic nitrogens is 2. The highest BCUT2D eigenvalue weighted by molar-refractivity contribution is 7.98. The molecule has 156 valence electrons. The average molecular weight is 419 g/mol. The van der Waals surface area contributed by atoms with Gasteiger partial charge in [-0.2, -0.15) is 5.26 Å². The van der Waals surface area contributed by atoms with Gasteiger partial charge in [0.15, 0.2) is 22.5 Å². The van der Waals surface area contributed by atoms with E-state index in [1.165, 1.54) is 11.8 Å². The number of hydrogen-bond acceptors (Lipinski definition) is 9. The summed E-state index contributed by atoms with van der Waals surface area (Å²) in [6, 6.07) is 7.74. The van der Waals surface area contributed by atoms with E-state index in [0.29, 0.717) is 60.0 Å². The fourth-order valence-electron chi connectivity index (χ4n) is 2.77. The number of nitriles is 1. The molecule has 0 bridgehead atoms. The molecule has 0 unspecified atom stereocenters. The van der Waals surface area contributed by atoms with Crippen LogP contribution in [0.4, 0.5) is 5.82 Å². The molecule has 0 fully saturated rings. The third-order valence-corrected chi connectivity index (χ3v) is 4.80. The number of methoxy groups -OCH3 is 4. The van der Waals surface area contributed by atoms with E-state index in [4.69, 9.17) is 18.9 Å². The lowest BCUT2D eigenvalue weighted by atomic mass is 10.1. The molecule has 0 amide bonds. The smallest absolute Gasteiger partial charge is 0.189 e. The van der Waals surface area contributed by atoms with E-state index in [-0.39, 0.29) is 0 Å². The third-order valence-electron chi connectivity index (χ3n) is 4.25. The lowest BCUT2D eigenvalue weighted by molar-refractivity contribution is 0.190. The van der Waals surface area contributed by atoms with Crippen molar-refractivity contribution in [2.45, 2.75) is 5.16 Å². The van der Waals surface area contributed by atoms with Crippen LogP contribution in [0.5, 0.6) is 11.5 Å². The summed E-state index contributed by atoms with van der Waals surface area (Å²) in [6.45, 7) is 2.15. The first kappa shape index (κ1) is 22.7. The fourth-order valence-corrected chi connectivity index (χ4v) is 3.13. The van der Waals surface area contributed by atoms with Crippen LogP contribution in [0.2, 0.25) is 0 Å². The van der Waals surface area contributed by atoms with Gasteiger partial charge in [0, 0.05) is 32.9 Å². The molecule has 0 radical (unpaired) electrons. The maximum atomic E-state index is 9.97. The lowest BCUT2D eigenvalue weighted by Gasteiger charge is -2.25. The highest BCUT2D eigenvalue weighted by Crippen LogP contribution is 2.35. The van der Waals surface area contributed by atoms with E-state index >= 15 is 0 Å². The zero-order chi connectivity index (χ0) is 21.2. The molecule has 29 heavy (non-hydrogen) atoms. The van der Waals surface area contributed by atoms with Crippen molar-refractivity contribution in [2.75, 3.05) is 65.9 Å². The van der Waals surface area contributed by atoms with E-state index in [1.807, 2.05) is 23.3 Å². The topological polar surface area (TPSA) is 89.7 Å². The zero-order valence-electron chi connectivity index (χ0n) is 17.4. The van der Waals surface area contributed by atoms with Gasteiger partial charge in [-0.05, 0) is 24.5 Å². The molecule has 9 heteroatoms. The first-order valence-electron chi connectivity index (χ1n) is 8.94. The van der Waals surface area contributed by atoms with Gasteiger partial charge >= 0.3 is 0 Å². The van der Waals surface area contributed by atoms with Gasteiger partial charge in [0.05, 0.1) is 33.1 Å². The van der Waals surface area contributed by atoms with Gasteiger partial charge in [-0.1, -0.05) is 11.8 Å². The first-order chi connectivity index (χ1) is 14.1. The van der Waals surface area contributed by atoms with Crippen LogP contribution >= 0.6 is 11.8 Å². The number of thioether (sulfide) groups is 1. The number of nitrogens with zero attached hydrogens (tertiary/aromatic N) is 4. The van der Waals surface area contributed by atoms with E-state index in [0.717, 1.165) is 5.56 Å². The van der Waals surface area contributed by atoms with Crippen molar-refractivity contribution in [3.05, 3.63) is 23.8 Å². The summed E-state index contributed by atoms with van der Waals surface area (Å²) in [4.78, 5) is 11.2. The molecule has 0 aliphatic heterocycles. The molecule has 0 aliphatic rings. The number of anilines is 1. The molecular formula is C20H26N4O4S. The van der Waals surface area contributed by atoms with Crippen molar-refractivity contribution in [3.63, 3.8) is 0 Å². The molecular weight excluding hydrogens is 392 g/mol. The SMILES string of the molecule is COCCN(CCOC)c1nc(SC)nc(-c2ccc(OC)c(OC)c2)c1C#N. The number of benzene rings is 1. The lowest BCUT2D eigenvalue weighted by Crippen LogP contribution is -2.32. The van der Waals surface area contributed by atoms with Crippen LogP contribution in [0, 0.1) is 11.3 Å². The zero-order valence-corrected chi connectivity index (χ0v) is 18.2. The van der Waals surface area contributed by atoms with Gasteiger partial charge in [-0.25, -0.2) is 9.97 Å². The summed E-state index contributed by atoms with van der Waals surface area (Å²) >= 11 is 1.42. The van der Waals surface area contributed by atoms with Crippen LogP contribution in [0.1, 0.15) is 5.56 Å². The van der Waals surface area contributed by atoms with Gasteiger partial charge in [-0.15, -0.1) is 0 Å². The summed E-state index contributed by atoms with van der Waals surface area (Å²) < 4.78 is 21.2. The Morgan fingerprint density at radius 1 is 1.00 bits per heavy atom. The quantitative estimate of drug-likeness (QED) is 0.403. The van der Waals surface area contributed by atoms with Crippen LogP contribution in [0.25, 0.3) is 11.3 Å². The standard InChI is InChI=1S/C20H26N4O4S/c1-25-10-8-24(9-11-26-2)19-15(13-21)18(22-20(23-19)29-5)14-6-7-16(27-3)17(12-14)28-4/h6-7,12H,8-11H2,1-5H3. The fraction of sp³-hybridized carbons (Fsp3) is 0.450. The normalized spacial score (nSPS) is 10.5. The van der Waals surface area contributed by atoms with Gasteiger partial charge in [-0.3, -0.25) is 0 Å². The Morgan fingerprint density at radius 3 is 2.17 bits per heavy atom. The number of rotatable bonds is 11. The van der Waals surface area contributed by atoms with Crippen LogP contribution in [0.15, 0.2) is 23.4 Å². The van der Waals surface area contributed by atoms with Crippen LogP contribution in [-0.4, -0.2) is 71.0 Å². The minimum absolute atomic E-state index is 0.391. The predicted octanol–water partition coefficient (Wildman–Crippen LogP) is 2.85. The summed E-state index contributed by atoms with van der Waals surface area (Å²) in [5.41, 5.74) is 1.68. The monoisotopic (exact) mass is 418 g/mol. The van der Waals surface area contributed by atoms with Crippen LogP contribution < -0.4 is 14.4 Å². The summed E-state index contributed by atoms with van der Waals surface area (Å²) in [7, 11) is 6.43. The minimum Gasteiger partial charge on any atom is -0.493 e. The Balaban J connectivity index is 2.64. The average Bonchev–Trinajstić information content (AvgIpc) is 2.77. The Kier molecular flexibility index (Phi) is 8.99. The Morgan fingerprint density at radius 2 is 1.66 bits per heavy atom. The molecule has 0 atom stereocenters. The van der Waals surface area contributed by atoms with Crippen molar-refractivity contribution in [1.82, 2.24) is 9.97 Å². The predicted molar refractivity (Wildman–Crippen MR) is 113 cm³/mol. The molecule has 1 aromatic heterocycles. The number of ether oxygens (including phenoxy) is 4. The molecule has 0 saturated carbocycles. The highest BCUT2D eigenvalue weighted by Gasteiger charge is 2.21. The molecule has 0 aliphatic carbocycles. The molecule has 2 rings (SSSR count). The minimum atomic E-state index is 0.391. The van der Waals surface area contributed by atoms with Crippen molar-refractivity contribution in [2.24, 2.45) is 0 Å². The summed E-state index contributed by atoms with van der Waals surface area (Å²) in [5, 5.41) is 10.5. The van der Waals surface area contributed by atoms with E-state index in [1.54, 1.807) is 34.5 Å². The molecule has 1 aromatic carbocycles. The molecule has 0 spiro atoms. The summed E-state index contributed by atoms with van der Waals surface area (Å²) in [6.07, 6.45) is 1.90. The maximum absolute atomic E-state index is 9.97. The van der Waals surface area contributed by atoms with Crippen molar-refractivity contribution in [3.8, 4) is 28.8 Å². The van der Waals surface area contributed by atoms with Gasteiger partial charge in [0.1, 0.15) is 11.6 Å². The van der Waals surface area contributed by atoms with Gasteiger partial charge in [0.2, 0.25) is 0 Å². The van der Waals surface area contributed by atoms with Crippen LogP contribution in [-0.2, 0) is 9.47 Å². The molecule has 8 nitrogen and oxygen atoms in total. The Labute approximate surface area is 175 Å². The van der Waals surface area contributed by atoms with Crippen molar-refractivity contribution < 1.29 is 18.9 Å². The van der Waals surface area contributed by atoms with E-state index < -0.39 is 0 Å². The number of hydrogen-bond donors (Lipinski definition) is 0. The van der Waals surface area contributed by atoms with E-state index in [9.17, 15) is 5.26 Å². The molecule has 2 aromatic rings. The second-order valence-corrected chi connectivity index (χ2v) is 6.69. The van der Waals surface area contributed by atoms with Gasteiger partial charge < -0.3 is 23.8 Å². The maximum Gasteiger partial charge on any atom is 0.189 e. The largest absolute Gasteiger partial charge is 0.493 e. The Hall–Kier alpha value is -2.54. The van der Waals surface area contributed by atoms with E-state index in [2.05, 4.69) is 16.0 Å². The molecule has 0 saturated heterocycles. The highest BCUT2D eigenvalue weighted by atomic mass is 32.2.